The number of rotatable bonds is 13. The van der Waals surface area contributed by atoms with Crippen molar-refractivity contribution in [1.29, 1.82) is 0 Å². The van der Waals surface area contributed by atoms with Gasteiger partial charge in [0.1, 0.15) is 0 Å². The van der Waals surface area contributed by atoms with Crippen LogP contribution in [0.5, 0.6) is 0 Å². The van der Waals surface area contributed by atoms with E-state index in [4.69, 9.17) is 4.74 Å². The summed E-state index contributed by atoms with van der Waals surface area (Å²) in [5, 5.41) is 0. The summed E-state index contributed by atoms with van der Waals surface area (Å²) in [5.74, 6) is 0.679. The monoisotopic (exact) mass is 268 g/mol. The van der Waals surface area contributed by atoms with E-state index in [-0.39, 0.29) is 5.97 Å². The zero-order valence-corrected chi connectivity index (χ0v) is 12.8. The molecular weight excluding hydrogens is 236 g/mol. The molecule has 0 spiro atoms. The van der Waals surface area contributed by atoms with Gasteiger partial charge in [-0.15, -0.1) is 0 Å². The van der Waals surface area contributed by atoms with Crippen molar-refractivity contribution in [3.05, 3.63) is 0 Å². The minimum absolute atomic E-state index is 0.0263. The number of hydrogen-bond donors (Lipinski definition) is 0. The second-order valence-corrected chi connectivity index (χ2v) is 6.05. The Hall–Kier alpha value is -0.530. The molecule has 1 aliphatic carbocycles. The maximum Gasteiger partial charge on any atom is 0.306 e. The summed E-state index contributed by atoms with van der Waals surface area (Å²) < 4.78 is 5.23. The summed E-state index contributed by atoms with van der Waals surface area (Å²) in [6.07, 6.45) is 16.4. The molecule has 1 saturated carbocycles. The van der Waals surface area contributed by atoms with Crippen LogP contribution in [-0.4, -0.2) is 12.6 Å². The molecule has 0 aromatic carbocycles. The van der Waals surface area contributed by atoms with Crippen molar-refractivity contribution in [2.24, 2.45) is 5.92 Å². The zero-order valence-electron chi connectivity index (χ0n) is 12.8. The second kappa shape index (κ2) is 11.3. The molecule has 0 amide bonds. The highest BCUT2D eigenvalue weighted by Crippen LogP contribution is 2.32. The molecule has 1 fully saturated rings. The van der Waals surface area contributed by atoms with E-state index in [0.29, 0.717) is 18.9 Å². The molecule has 0 aromatic rings. The smallest absolute Gasteiger partial charge is 0.306 e. The van der Waals surface area contributed by atoms with Gasteiger partial charge in [0.2, 0.25) is 0 Å². The van der Waals surface area contributed by atoms with Gasteiger partial charge in [0, 0.05) is 6.42 Å². The fourth-order valence-corrected chi connectivity index (χ4v) is 2.39. The van der Waals surface area contributed by atoms with Crippen LogP contribution in [0, 0.1) is 5.92 Å². The van der Waals surface area contributed by atoms with E-state index < -0.39 is 0 Å². The standard InChI is InChI=1S/C17H32O2/c1-2-3-4-5-6-7-8-9-10-11-14-19-17(18)15-16-12-13-16/h16H,2-15H2,1H3. The molecule has 112 valence electrons. The van der Waals surface area contributed by atoms with E-state index in [2.05, 4.69) is 6.92 Å². The summed E-state index contributed by atoms with van der Waals surface area (Å²) >= 11 is 0. The Kier molecular flexibility index (Phi) is 9.84. The molecule has 0 bridgehead atoms. The van der Waals surface area contributed by atoms with E-state index in [1.54, 1.807) is 0 Å². The van der Waals surface area contributed by atoms with Gasteiger partial charge in [-0.05, 0) is 25.2 Å². The lowest BCUT2D eigenvalue weighted by atomic mass is 10.1. The van der Waals surface area contributed by atoms with E-state index in [9.17, 15) is 4.79 Å². The molecule has 1 rings (SSSR count). The summed E-state index contributed by atoms with van der Waals surface area (Å²) in [6, 6.07) is 0. The molecule has 0 N–H and O–H groups in total. The molecule has 0 aliphatic heterocycles. The lowest BCUT2D eigenvalue weighted by Crippen LogP contribution is -2.06. The van der Waals surface area contributed by atoms with Crippen LogP contribution in [0.25, 0.3) is 0 Å². The van der Waals surface area contributed by atoms with E-state index >= 15 is 0 Å². The third-order valence-electron chi connectivity index (χ3n) is 3.91. The summed E-state index contributed by atoms with van der Waals surface area (Å²) in [5.41, 5.74) is 0. The zero-order chi connectivity index (χ0) is 13.8. The van der Waals surface area contributed by atoms with Crippen molar-refractivity contribution >= 4 is 5.97 Å². The molecule has 0 atom stereocenters. The van der Waals surface area contributed by atoms with Crippen molar-refractivity contribution in [1.82, 2.24) is 0 Å². The Morgan fingerprint density at radius 1 is 0.895 bits per heavy atom. The SMILES string of the molecule is CCCCCCCCCCCCOC(=O)CC1CC1. The van der Waals surface area contributed by atoms with Gasteiger partial charge in [0.25, 0.3) is 0 Å². The first-order valence-electron chi connectivity index (χ1n) is 8.48. The Morgan fingerprint density at radius 3 is 1.95 bits per heavy atom. The predicted octanol–water partition coefficient (Wildman–Crippen LogP) is 5.25. The highest BCUT2D eigenvalue weighted by molar-refractivity contribution is 5.69. The minimum Gasteiger partial charge on any atom is -0.466 e. The molecule has 2 nitrogen and oxygen atoms in total. The topological polar surface area (TPSA) is 26.3 Å². The lowest BCUT2D eigenvalue weighted by Gasteiger charge is -2.04. The number of unbranched alkanes of at least 4 members (excludes halogenated alkanes) is 9. The van der Waals surface area contributed by atoms with Crippen molar-refractivity contribution in [2.45, 2.75) is 90.4 Å². The number of ether oxygens (including phenoxy) is 1. The van der Waals surface area contributed by atoms with Gasteiger partial charge >= 0.3 is 5.97 Å². The van der Waals surface area contributed by atoms with E-state index in [0.717, 1.165) is 6.42 Å². The van der Waals surface area contributed by atoms with Crippen LogP contribution >= 0.6 is 0 Å². The third-order valence-corrected chi connectivity index (χ3v) is 3.91. The van der Waals surface area contributed by atoms with Gasteiger partial charge < -0.3 is 4.74 Å². The van der Waals surface area contributed by atoms with Gasteiger partial charge in [0.05, 0.1) is 6.61 Å². The number of carbonyl (C=O) groups is 1. The number of esters is 1. The number of carbonyl (C=O) groups excluding carboxylic acids is 1. The first-order valence-corrected chi connectivity index (χ1v) is 8.48. The van der Waals surface area contributed by atoms with Crippen LogP contribution in [-0.2, 0) is 9.53 Å². The van der Waals surface area contributed by atoms with Crippen molar-refractivity contribution in [3.8, 4) is 0 Å². The van der Waals surface area contributed by atoms with Gasteiger partial charge in [-0.2, -0.15) is 0 Å². The van der Waals surface area contributed by atoms with Crippen LogP contribution in [0.2, 0.25) is 0 Å². The maximum absolute atomic E-state index is 11.3. The summed E-state index contributed by atoms with van der Waals surface area (Å²) in [4.78, 5) is 11.3. The first-order chi connectivity index (χ1) is 9.33. The summed E-state index contributed by atoms with van der Waals surface area (Å²) in [7, 11) is 0. The first kappa shape index (κ1) is 16.5. The van der Waals surface area contributed by atoms with Crippen LogP contribution in [0.1, 0.15) is 90.4 Å². The molecule has 19 heavy (non-hydrogen) atoms. The van der Waals surface area contributed by atoms with Crippen LogP contribution in [0.15, 0.2) is 0 Å². The molecule has 0 saturated heterocycles. The average Bonchev–Trinajstić information content (AvgIpc) is 3.20. The molecule has 0 aromatic heterocycles. The summed E-state index contributed by atoms with van der Waals surface area (Å²) in [6.45, 7) is 2.90. The molecular formula is C17H32O2. The molecule has 2 heteroatoms. The quantitative estimate of drug-likeness (QED) is 0.337. The van der Waals surface area contributed by atoms with Crippen molar-refractivity contribution < 1.29 is 9.53 Å². The fraction of sp³-hybridized carbons (Fsp3) is 0.941. The Labute approximate surface area is 119 Å². The number of hydrogen-bond acceptors (Lipinski definition) is 2. The van der Waals surface area contributed by atoms with E-state index in [1.807, 2.05) is 0 Å². The second-order valence-electron chi connectivity index (χ2n) is 6.05. The Morgan fingerprint density at radius 2 is 1.42 bits per heavy atom. The van der Waals surface area contributed by atoms with Crippen LogP contribution in [0.3, 0.4) is 0 Å². The lowest BCUT2D eigenvalue weighted by molar-refractivity contribution is -0.144. The average molecular weight is 268 g/mol. The molecule has 0 unspecified atom stereocenters. The normalized spacial score (nSPS) is 14.6. The van der Waals surface area contributed by atoms with Crippen LogP contribution in [0.4, 0.5) is 0 Å². The molecule has 0 radical (unpaired) electrons. The molecule has 0 heterocycles. The van der Waals surface area contributed by atoms with Gasteiger partial charge in [-0.25, -0.2) is 0 Å². The van der Waals surface area contributed by atoms with Gasteiger partial charge in [-0.3, -0.25) is 4.79 Å². The fourth-order valence-electron chi connectivity index (χ4n) is 2.39. The van der Waals surface area contributed by atoms with E-state index in [1.165, 1.54) is 70.6 Å². The third kappa shape index (κ3) is 11.0. The molecule has 1 aliphatic rings. The Balaban J connectivity index is 1.70. The van der Waals surface area contributed by atoms with Crippen LogP contribution < -0.4 is 0 Å². The highest BCUT2D eigenvalue weighted by atomic mass is 16.5. The highest BCUT2D eigenvalue weighted by Gasteiger charge is 2.24. The van der Waals surface area contributed by atoms with Crippen molar-refractivity contribution in [3.63, 3.8) is 0 Å². The minimum atomic E-state index is 0.0263. The maximum atomic E-state index is 11.3. The van der Waals surface area contributed by atoms with Gasteiger partial charge in [-0.1, -0.05) is 64.7 Å². The largest absolute Gasteiger partial charge is 0.466 e. The van der Waals surface area contributed by atoms with Gasteiger partial charge in [0.15, 0.2) is 0 Å². The van der Waals surface area contributed by atoms with Crippen molar-refractivity contribution in [2.75, 3.05) is 6.61 Å². The predicted molar refractivity (Wildman–Crippen MR) is 80.1 cm³/mol. The Bertz CT molecular complexity index is 221.